The molecule has 4 nitrogen and oxygen atoms in total. The molecule has 2 aromatic rings. The van der Waals surface area contributed by atoms with Crippen molar-refractivity contribution < 1.29 is 19.0 Å². The van der Waals surface area contributed by atoms with Gasteiger partial charge in [-0.2, -0.15) is 0 Å². The van der Waals surface area contributed by atoms with Gasteiger partial charge in [0.1, 0.15) is 0 Å². The van der Waals surface area contributed by atoms with E-state index >= 15 is 0 Å². The molecule has 0 bridgehead atoms. The van der Waals surface area contributed by atoms with E-state index in [1.54, 1.807) is 18.2 Å². The highest BCUT2D eigenvalue weighted by molar-refractivity contribution is 7.99. The maximum absolute atomic E-state index is 13.3. The molecule has 0 saturated carbocycles. The lowest BCUT2D eigenvalue weighted by Crippen LogP contribution is -2.02. The Labute approximate surface area is 119 Å². The van der Waals surface area contributed by atoms with Crippen LogP contribution in [0, 0.1) is 5.82 Å². The molecule has 1 aromatic heterocycles. The van der Waals surface area contributed by atoms with Crippen LogP contribution in [0.25, 0.3) is 0 Å². The summed E-state index contributed by atoms with van der Waals surface area (Å²) in [6.45, 7) is 0.310. The van der Waals surface area contributed by atoms with Crippen molar-refractivity contribution in [2.24, 2.45) is 0 Å². The van der Waals surface area contributed by atoms with Crippen molar-refractivity contribution in [3.8, 4) is 5.75 Å². The highest BCUT2D eigenvalue weighted by Crippen LogP contribution is 2.18. The number of rotatable bonds is 6. The number of thioether (sulfide) groups is 1. The van der Waals surface area contributed by atoms with E-state index in [-0.39, 0.29) is 11.3 Å². The summed E-state index contributed by atoms with van der Waals surface area (Å²) in [5.41, 5.74) is 0.192. The first-order chi connectivity index (χ1) is 9.66. The quantitative estimate of drug-likeness (QED) is 0.655. The zero-order valence-corrected chi connectivity index (χ0v) is 11.3. The Hall–Kier alpha value is -2.08. The summed E-state index contributed by atoms with van der Waals surface area (Å²) >= 11 is 1.36. The number of hydrogen-bond acceptors (Lipinski definition) is 4. The molecular formula is C14H12FNO3S. The minimum Gasteiger partial charge on any atom is -0.490 e. The summed E-state index contributed by atoms with van der Waals surface area (Å²) < 4.78 is 18.6. The molecule has 1 heterocycles. The first-order valence-electron chi connectivity index (χ1n) is 5.86. The van der Waals surface area contributed by atoms with Crippen LogP contribution in [0.2, 0.25) is 0 Å². The molecule has 20 heavy (non-hydrogen) atoms. The van der Waals surface area contributed by atoms with Crippen LogP contribution in [0.15, 0.2) is 47.6 Å². The first-order valence-corrected chi connectivity index (χ1v) is 6.85. The monoisotopic (exact) mass is 293 g/mol. The molecule has 6 heteroatoms. The third kappa shape index (κ3) is 3.96. The van der Waals surface area contributed by atoms with Gasteiger partial charge in [-0.1, -0.05) is 12.1 Å². The lowest BCUT2D eigenvalue weighted by molar-refractivity contribution is 0.0696. The lowest BCUT2D eigenvalue weighted by Gasteiger charge is -2.06. The van der Waals surface area contributed by atoms with E-state index in [0.29, 0.717) is 17.4 Å². The minimum atomic E-state index is -0.989. The molecular weight excluding hydrogens is 281 g/mol. The van der Waals surface area contributed by atoms with E-state index in [0.717, 1.165) is 0 Å². The van der Waals surface area contributed by atoms with E-state index in [1.807, 2.05) is 0 Å². The van der Waals surface area contributed by atoms with Crippen LogP contribution in [-0.4, -0.2) is 28.4 Å². The van der Waals surface area contributed by atoms with Gasteiger partial charge in [0, 0.05) is 11.9 Å². The maximum Gasteiger partial charge on any atom is 0.335 e. The van der Waals surface area contributed by atoms with Crippen LogP contribution < -0.4 is 4.74 Å². The first kappa shape index (κ1) is 14.3. The Morgan fingerprint density at radius 1 is 1.35 bits per heavy atom. The summed E-state index contributed by atoms with van der Waals surface area (Å²) in [6, 6.07) is 9.11. The molecule has 2 rings (SSSR count). The zero-order valence-electron chi connectivity index (χ0n) is 10.5. The fraction of sp³-hybridized carbons (Fsp3) is 0.143. The standard InChI is InChI=1S/C14H12FNO3S/c15-11-3-1-2-4-12(11)19-7-8-20-13-9-10(14(17)18)5-6-16-13/h1-6,9H,7-8H2,(H,17,18). The van der Waals surface area contributed by atoms with Crippen LogP contribution in [0.5, 0.6) is 5.75 Å². The number of hydrogen-bond donors (Lipinski definition) is 1. The van der Waals surface area contributed by atoms with E-state index < -0.39 is 11.8 Å². The molecule has 0 radical (unpaired) electrons. The maximum atomic E-state index is 13.3. The molecule has 1 N–H and O–H groups in total. The van der Waals surface area contributed by atoms with Gasteiger partial charge in [-0.05, 0) is 24.3 Å². The summed E-state index contributed by atoms with van der Waals surface area (Å²) in [6.07, 6.45) is 1.45. The molecule has 0 aliphatic rings. The number of carbonyl (C=O) groups is 1. The second-order valence-corrected chi connectivity index (χ2v) is 4.93. The van der Waals surface area contributed by atoms with Gasteiger partial charge >= 0.3 is 5.97 Å². The van der Waals surface area contributed by atoms with Crippen LogP contribution >= 0.6 is 11.8 Å². The summed E-state index contributed by atoms with van der Waals surface area (Å²) in [7, 11) is 0. The number of carboxylic acids is 1. The van der Waals surface area contributed by atoms with Crippen molar-refractivity contribution in [2.45, 2.75) is 5.03 Å². The molecule has 0 amide bonds. The third-order valence-corrected chi connectivity index (χ3v) is 3.30. The van der Waals surface area contributed by atoms with Gasteiger partial charge in [-0.15, -0.1) is 11.8 Å². The molecule has 0 aliphatic heterocycles. The summed E-state index contributed by atoms with van der Waals surface area (Å²) in [4.78, 5) is 14.9. The number of para-hydroxylation sites is 1. The third-order valence-electron chi connectivity index (χ3n) is 2.41. The van der Waals surface area contributed by atoms with Crippen LogP contribution in [-0.2, 0) is 0 Å². The number of halogens is 1. The lowest BCUT2D eigenvalue weighted by atomic mass is 10.3. The van der Waals surface area contributed by atoms with E-state index in [9.17, 15) is 9.18 Å². The van der Waals surface area contributed by atoms with Crippen molar-refractivity contribution in [3.63, 3.8) is 0 Å². The molecule has 0 spiro atoms. The van der Waals surface area contributed by atoms with Gasteiger partial charge in [0.25, 0.3) is 0 Å². The largest absolute Gasteiger partial charge is 0.490 e. The Balaban J connectivity index is 1.83. The average Bonchev–Trinajstić information content (AvgIpc) is 2.45. The predicted molar refractivity (Wildman–Crippen MR) is 73.8 cm³/mol. The van der Waals surface area contributed by atoms with Crippen LogP contribution in [0.3, 0.4) is 0 Å². The predicted octanol–water partition coefficient (Wildman–Crippen LogP) is 3.09. The molecule has 1 aromatic carbocycles. The molecule has 104 valence electrons. The molecule has 0 unspecified atom stereocenters. The Bertz CT molecular complexity index is 606. The van der Waals surface area contributed by atoms with Crippen molar-refractivity contribution in [1.29, 1.82) is 0 Å². The van der Waals surface area contributed by atoms with Crippen molar-refractivity contribution in [2.75, 3.05) is 12.4 Å². The number of ether oxygens (including phenoxy) is 1. The Morgan fingerprint density at radius 3 is 2.90 bits per heavy atom. The van der Waals surface area contributed by atoms with Gasteiger partial charge in [0.15, 0.2) is 11.6 Å². The van der Waals surface area contributed by atoms with Gasteiger partial charge < -0.3 is 9.84 Å². The highest BCUT2D eigenvalue weighted by Gasteiger charge is 2.05. The van der Waals surface area contributed by atoms with Crippen molar-refractivity contribution in [1.82, 2.24) is 4.98 Å². The van der Waals surface area contributed by atoms with Crippen LogP contribution in [0.1, 0.15) is 10.4 Å². The number of pyridine rings is 1. The van der Waals surface area contributed by atoms with Crippen molar-refractivity contribution in [3.05, 3.63) is 54.0 Å². The molecule has 0 saturated heterocycles. The number of carboxylic acid groups (broad SMARTS) is 1. The topological polar surface area (TPSA) is 59.4 Å². The van der Waals surface area contributed by atoms with E-state index in [1.165, 1.54) is 36.2 Å². The zero-order chi connectivity index (χ0) is 14.4. The van der Waals surface area contributed by atoms with Crippen LogP contribution in [0.4, 0.5) is 4.39 Å². The minimum absolute atomic E-state index is 0.192. The summed E-state index contributed by atoms with van der Waals surface area (Å²) in [5, 5.41) is 9.46. The fourth-order valence-electron chi connectivity index (χ4n) is 1.48. The number of nitrogens with zero attached hydrogens (tertiary/aromatic N) is 1. The highest BCUT2D eigenvalue weighted by atomic mass is 32.2. The van der Waals surface area contributed by atoms with E-state index in [4.69, 9.17) is 9.84 Å². The van der Waals surface area contributed by atoms with Gasteiger partial charge in [-0.25, -0.2) is 14.2 Å². The number of aromatic nitrogens is 1. The van der Waals surface area contributed by atoms with E-state index in [2.05, 4.69) is 4.98 Å². The smallest absolute Gasteiger partial charge is 0.335 e. The van der Waals surface area contributed by atoms with Crippen molar-refractivity contribution >= 4 is 17.7 Å². The fourth-order valence-corrected chi connectivity index (χ4v) is 2.20. The number of aromatic carboxylic acids is 1. The molecule has 0 aliphatic carbocycles. The summed E-state index contributed by atoms with van der Waals surface area (Å²) in [5.74, 6) is -0.634. The molecule has 0 fully saturated rings. The SMILES string of the molecule is O=C(O)c1ccnc(SCCOc2ccccc2F)c1. The Kier molecular flexibility index (Phi) is 4.95. The van der Waals surface area contributed by atoms with Gasteiger partial charge in [-0.3, -0.25) is 0 Å². The van der Waals surface area contributed by atoms with Gasteiger partial charge in [0.2, 0.25) is 0 Å². The molecule has 0 atom stereocenters. The normalized spacial score (nSPS) is 10.2. The average molecular weight is 293 g/mol. The second kappa shape index (κ2) is 6.91. The number of benzene rings is 1. The van der Waals surface area contributed by atoms with Gasteiger partial charge in [0.05, 0.1) is 17.2 Å². The Morgan fingerprint density at radius 2 is 2.15 bits per heavy atom. The second-order valence-electron chi connectivity index (χ2n) is 3.82.